The van der Waals surface area contributed by atoms with Gasteiger partial charge in [0.1, 0.15) is 0 Å². The summed E-state index contributed by atoms with van der Waals surface area (Å²) in [6.45, 7) is 4.18. The summed E-state index contributed by atoms with van der Waals surface area (Å²) in [5.41, 5.74) is 4.24. The molecule has 8 heteroatoms. The average molecular weight is 287 g/mol. The first-order valence-electron chi connectivity index (χ1n) is 6.41. The van der Waals surface area contributed by atoms with E-state index in [1.165, 1.54) is 4.90 Å². The van der Waals surface area contributed by atoms with E-state index in [0.29, 0.717) is 13.0 Å². The van der Waals surface area contributed by atoms with E-state index in [9.17, 15) is 14.4 Å². The normalized spacial score (nSPS) is 19.5. The number of nitrogens with zero attached hydrogens (tertiary/aromatic N) is 1. The largest absolute Gasteiger partial charge is 0.481 e. The van der Waals surface area contributed by atoms with Crippen LogP contribution in [0.25, 0.3) is 0 Å². The fraction of sp³-hybridized carbons (Fsp3) is 0.750. The van der Waals surface area contributed by atoms with Crippen molar-refractivity contribution < 1.29 is 24.2 Å². The van der Waals surface area contributed by atoms with Gasteiger partial charge in [-0.05, 0) is 20.3 Å². The van der Waals surface area contributed by atoms with E-state index in [4.69, 9.17) is 15.6 Å². The van der Waals surface area contributed by atoms with Crippen molar-refractivity contribution >= 4 is 17.9 Å². The van der Waals surface area contributed by atoms with Crippen LogP contribution in [-0.2, 0) is 14.3 Å². The van der Waals surface area contributed by atoms with Crippen LogP contribution in [-0.4, -0.2) is 60.3 Å². The Morgan fingerprint density at radius 3 is 2.65 bits per heavy atom. The Morgan fingerprint density at radius 1 is 1.45 bits per heavy atom. The summed E-state index contributed by atoms with van der Waals surface area (Å²) < 4.78 is 5.14. The van der Waals surface area contributed by atoms with Gasteiger partial charge in [0.2, 0.25) is 5.91 Å². The smallest absolute Gasteiger partial charge is 0.317 e. The lowest BCUT2D eigenvalue weighted by atomic mass is 9.90. The average Bonchev–Trinajstić information content (AvgIpc) is 2.38. The molecule has 0 radical (unpaired) electrons. The molecule has 3 amide bonds. The van der Waals surface area contributed by atoms with Crippen molar-refractivity contribution in [1.29, 1.82) is 0 Å². The Morgan fingerprint density at radius 2 is 2.10 bits per heavy atom. The molecule has 114 valence electrons. The van der Waals surface area contributed by atoms with Gasteiger partial charge in [0.05, 0.1) is 18.6 Å². The Bertz CT molecular complexity index is 397. The highest BCUT2D eigenvalue weighted by Crippen LogP contribution is 2.19. The van der Waals surface area contributed by atoms with Crippen LogP contribution in [0.3, 0.4) is 0 Å². The third-order valence-electron chi connectivity index (χ3n) is 3.28. The van der Waals surface area contributed by atoms with Gasteiger partial charge in [-0.3, -0.25) is 9.59 Å². The van der Waals surface area contributed by atoms with Crippen molar-refractivity contribution in [3.05, 3.63) is 0 Å². The summed E-state index contributed by atoms with van der Waals surface area (Å²) in [6.07, 6.45) is -0.470. The highest BCUT2D eigenvalue weighted by Gasteiger charge is 2.29. The molecule has 0 spiro atoms. The van der Waals surface area contributed by atoms with Crippen LogP contribution in [0, 0.1) is 5.41 Å². The summed E-state index contributed by atoms with van der Waals surface area (Å²) in [7, 11) is 0. The molecular formula is C12H21N3O5. The molecule has 1 rings (SSSR count). The zero-order valence-electron chi connectivity index (χ0n) is 11.7. The number of aliphatic carboxylic acids is 1. The third kappa shape index (κ3) is 4.37. The van der Waals surface area contributed by atoms with E-state index >= 15 is 0 Å². The molecule has 0 saturated carbocycles. The van der Waals surface area contributed by atoms with Crippen LogP contribution >= 0.6 is 0 Å². The van der Waals surface area contributed by atoms with Crippen LogP contribution in [0.4, 0.5) is 4.79 Å². The van der Waals surface area contributed by atoms with Gasteiger partial charge in [-0.25, -0.2) is 4.79 Å². The molecule has 0 bridgehead atoms. The maximum Gasteiger partial charge on any atom is 0.317 e. The van der Waals surface area contributed by atoms with Gasteiger partial charge in [0.15, 0.2) is 6.10 Å². The molecule has 4 N–H and O–H groups in total. The number of nitrogens with two attached hydrogens (primary N) is 1. The molecule has 0 aliphatic carbocycles. The molecule has 1 heterocycles. The van der Waals surface area contributed by atoms with Crippen molar-refractivity contribution in [1.82, 2.24) is 10.2 Å². The molecule has 1 unspecified atom stereocenters. The lowest BCUT2D eigenvalue weighted by Crippen LogP contribution is -2.53. The number of amides is 3. The highest BCUT2D eigenvalue weighted by molar-refractivity contribution is 5.81. The minimum absolute atomic E-state index is 0.115. The molecule has 0 aromatic rings. The number of primary amides is 1. The number of carboxylic acids is 1. The molecule has 1 aliphatic rings. The number of carbonyl (C=O) groups excluding carboxylic acids is 2. The zero-order chi connectivity index (χ0) is 15.3. The fourth-order valence-corrected chi connectivity index (χ4v) is 1.71. The standard InChI is InChI=1S/C12H21N3O5/c1-12(2,10(17)18)3-4-14-11(19)15-5-6-20-8(7-15)9(13)16/h8H,3-7H2,1-2H3,(H2,13,16)(H,14,19)(H,17,18). The molecule has 1 aliphatic heterocycles. The quantitative estimate of drug-likeness (QED) is 0.622. The van der Waals surface area contributed by atoms with Crippen molar-refractivity contribution in [3.63, 3.8) is 0 Å². The molecule has 20 heavy (non-hydrogen) atoms. The second-order valence-electron chi connectivity index (χ2n) is 5.38. The van der Waals surface area contributed by atoms with E-state index in [-0.39, 0.29) is 25.7 Å². The summed E-state index contributed by atoms with van der Waals surface area (Å²) in [5, 5.41) is 11.6. The van der Waals surface area contributed by atoms with Crippen LogP contribution in [0.15, 0.2) is 0 Å². The first kappa shape index (κ1) is 16.2. The van der Waals surface area contributed by atoms with E-state index in [1.54, 1.807) is 13.8 Å². The highest BCUT2D eigenvalue weighted by atomic mass is 16.5. The first-order valence-corrected chi connectivity index (χ1v) is 6.41. The number of hydrogen-bond acceptors (Lipinski definition) is 4. The van der Waals surface area contributed by atoms with Crippen LogP contribution in [0.5, 0.6) is 0 Å². The van der Waals surface area contributed by atoms with E-state index < -0.39 is 23.4 Å². The monoisotopic (exact) mass is 287 g/mol. The molecule has 0 aromatic carbocycles. The second kappa shape index (κ2) is 6.56. The van der Waals surface area contributed by atoms with Gasteiger partial charge in [-0.1, -0.05) is 0 Å². The molecule has 1 fully saturated rings. The first-order chi connectivity index (χ1) is 9.24. The number of carbonyl (C=O) groups is 3. The Hall–Kier alpha value is -1.83. The number of nitrogens with one attached hydrogen (secondary N) is 1. The van der Waals surface area contributed by atoms with Crippen LogP contribution < -0.4 is 11.1 Å². The van der Waals surface area contributed by atoms with Gasteiger partial charge in [0, 0.05) is 13.1 Å². The van der Waals surface area contributed by atoms with Gasteiger partial charge >= 0.3 is 12.0 Å². The van der Waals surface area contributed by atoms with Crippen LogP contribution in [0.2, 0.25) is 0 Å². The predicted molar refractivity (Wildman–Crippen MR) is 69.9 cm³/mol. The molecule has 8 nitrogen and oxygen atoms in total. The van der Waals surface area contributed by atoms with E-state index in [1.807, 2.05) is 0 Å². The second-order valence-corrected chi connectivity index (χ2v) is 5.38. The topological polar surface area (TPSA) is 122 Å². The van der Waals surface area contributed by atoms with Gasteiger partial charge < -0.3 is 25.8 Å². The molecule has 0 aromatic heterocycles. The Balaban J connectivity index is 2.39. The van der Waals surface area contributed by atoms with Gasteiger partial charge in [0.25, 0.3) is 0 Å². The molecule has 1 atom stereocenters. The van der Waals surface area contributed by atoms with Crippen molar-refractivity contribution in [2.75, 3.05) is 26.2 Å². The number of morpholine rings is 1. The number of carboxylic acid groups (broad SMARTS) is 1. The Kier molecular flexibility index (Phi) is 5.32. The lowest BCUT2D eigenvalue weighted by molar-refractivity contribution is -0.147. The van der Waals surface area contributed by atoms with Gasteiger partial charge in [-0.2, -0.15) is 0 Å². The molecule has 1 saturated heterocycles. The number of urea groups is 1. The maximum atomic E-state index is 11.9. The summed E-state index contributed by atoms with van der Waals surface area (Å²) in [4.78, 5) is 35.3. The van der Waals surface area contributed by atoms with Crippen molar-refractivity contribution in [3.8, 4) is 0 Å². The summed E-state index contributed by atoms with van der Waals surface area (Å²) in [6, 6.07) is -0.347. The van der Waals surface area contributed by atoms with Crippen molar-refractivity contribution in [2.45, 2.75) is 26.4 Å². The predicted octanol–water partition coefficient (Wildman–Crippen LogP) is -0.617. The summed E-state index contributed by atoms with van der Waals surface area (Å²) >= 11 is 0. The Labute approximate surface area is 117 Å². The van der Waals surface area contributed by atoms with Gasteiger partial charge in [-0.15, -0.1) is 0 Å². The van der Waals surface area contributed by atoms with E-state index in [2.05, 4.69) is 5.32 Å². The third-order valence-corrected chi connectivity index (χ3v) is 3.28. The zero-order valence-corrected chi connectivity index (χ0v) is 11.7. The number of rotatable bonds is 5. The number of ether oxygens (including phenoxy) is 1. The maximum absolute atomic E-state index is 11.9. The summed E-state index contributed by atoms with van der Waals surface area (Å²) in [5.74, 6) is -1.51. The fourth-order valence-electron chi connectivity index (χ4n) is 1.71. The SMILES string of the molecule is CC(C)(CCNC(=O)N1CCOC(C(N)=O)C1)C(=O)O. The van der Waals surface area contributed by atoms with Crippen LogP contribution in [0.1, 0.15) is 20.3 Å². The van der Waals surface area contributed by atoms with Crippen molar-refractivity contribution in [2.24, 2.45) is 11.1 Å². The minimum atomic E-state index is -0.910. The number of hydrogen-bond donors (Lipinski definition) is 3. The lowest BCUT2D eigenvalue weighted by Gasteiger charge is -2.31. The molecular weight excluding hydrogens is 266 g/mol. The minimum Gasteiger partial charge on any atom is -0.481 e. The van der Waals surface area contributed by atoms with E-state index in [0.717, 1.165) is 0 Å².